The average Bonchev–Trinajstić information content (AvgIpc) is 2.56. The summed E-state index contributed by atoms with van der Waals surface area (Å²) in [6.07, 6.45) is 4.06. The lowest BCUT2D eigenvalue weighted by atomic mass is 10.1. The van der Waals surface area contributed by atoms with Crippen LogP contribution in [0.3, 0.4) is 0 Å². The van der Waals surface area contributed by atoms with E-state index in [-0.39, 0.29) is 5.91 Å². The summed E-state index contributed by atoms with van der Waals surface area (Å²) in [5, 5.41) is 2.70. The quantitative estimate of drug-likeness (QED) is 0.610. The predicted molar refractivity (Wildman–Crippen MR) is 94.2 cm³/mol. The molecule has 0 bridgehead atoms. The van der Waals surface area contributed by atoms with Crippen LogP contribution in [0.5, 0.6) is 5.75 Å². The zero-order chi connectivity index (χ0) is 16.5. The number of carbonyl (C=O) groups excluding carboxylic acids is 1. The Morgan fingerprint density at radius 3 is 2.70 bits per heavy atom. The molecule has 2 aromatic carbocycles. The Kier molecular flexibility index (Phi) is 6.24. The van der Waals surface area contributed by atoms with E-state index >= 15 is 0 Å². The van der Waals surface area contributed by atoms with Crippen LogP contribution < -0.4 is 15.8 Å². The van der Waals surface area contributed by atoms with Gasteiger partial charge in [-0.1, -0.05) is 36.4 Å². The fraction of sp³-hybridized carbons (Fsp3) is 0.211. The molecule has 4 nitrogen and oxygen atoms in total. The molecule has 0 spiro atoms. The fourth-order valence-electron chi connectivity index (χ4n) is 2.13. The standard InChI is InChI=1S/C19H22N2O2/c1-2-21-19(22)11-9-16-8-10-18(17(20)14-16)23-13-12-15-6-4-3-5-7-15/h3-11,14H,2,12-13,20H2,1H3,(H,21,22)/b11-9-. The third-order valence-corrected chi connectivity index (χ3v) is 3.30. The van der Waals surface area contributed by atoms with Gasteiger partial charge < -0.3 is 15.8 Å². The summed E-state index contributed by atoms with van der Waals surface area (Å²) in [5.41, 5.74) is 8.67. The normalized spacial score (nSPS) is 10.7. The molecule has 3 N–H and O–H groups in total. The molecule has 0 aliphatic carbocycles. The third-order valence-electron chi connectivity index (χ3n) is 3.30. The smallest absolute Gasteiger partial charge is 0.243 e. The Morgan fingerprint density at radius 2 is 2.00 bits per heavy atom. The van der Waals surface area contributed by atoms with Gasteiger partial charge in [0, 0.05) is 19.0 Å². The zero-order valence-electron chi connectivity index (χ0n) is 13.3. The van der Waals surface area contributed by atoms with Crippen LogP contribution in [-0.4, -0.2) is 19.1 Å². The molecule has 2 aromatic rings. The van der Waals surface area contributed by atoms with Gasteiger partial charge in [-0.2, -0.15) is 0 Å². The van der Waals surface area contributed by atoms with Crippen molar-refractivity contribution in [2.45, 2.75) is 13.3 Å². The highest BCUT2D eigenvalue weighted by atomic mass is 16.5. The van der Waals surface area contributed by atoms with Crippen molar-refractivity contribution in [2.24, 2.45) is 0 Å². The second kappa shape index (κ2) is 8.63. The van der Waals surface area contributed by atoms with Gasteiger partial charge in [0.05, 0.1) is 12.3 Å². The molecule has 4 heteroatoms. The summed E-state index contributed by atoms with van der Waals surface area (Å²) < 4.78 is 5.73. The van der Waals surface area contributed by atoms with Gasteiger partial charge in [-0.25, -0.2) is 0 Å². The Morgan fingerprint density at radius 1 is 1.22 bits per heavy atom. The molecule has 0 aromatic heterocycles. The van der Waals surface area contributed by atoms with Crippen LogP contribution in [0, 0.1) is 0 Å². The number of hydrogen-bond donors (Lipinski definition) is 2. The highest BCUT2D eigenvalue weighted by Gasteiger charge is 2.02. The number of amides is 1. The number of nitrogens with one attached hydrogen (secondary N) is 1. The molecule has 0 aliphatic rings. The molecule has 0 aliphatic heterocycles. The number of carbonyl (C=O) groups is 1. The number of benzene rings is 2. The lowest BCUT2D eigenvalue weighted by Gasteiger charge is -2.09. The summed E-state index contributed by atoms with van der Waals surface area (Å²) in [7, 11) is 0. The molecule has 23 heavy (non-hydrogen) atoms. The summed E-state index contributed by atoms with van der Waals surface area (Å²) in [6, 6.07) is 15.7. The largest absolute Gasteiger partial charge is 0.491 e. The first-order chi connectivity index (χ1) is 11.2. The number of hydrogen-bond acceptors (Lipinski definition) is 3. The summed E-state index contributed by atoms with van der Waals surface area (Å²) >= 11 is 0. The van der Waals surface area contributed by atoms with Crippen LogP contribution in [0.4, 0.5) is 5.69 Å². The van der Waals surface area contributed by atoms with Gasteiger partial charge in [-0.3, -0.25) is 4.79 Å². The van der Waals surface area contributed by atoms with E-state index in [4.69, 9.17) is 10.5 Å². The molecular formula is C19H22N2O2. The third kappa shape index (κ3) is 5.51. The first-order valence-corrected chi connectivity index (χ1v) is 7.71. The van der Waals surface area contributed by atoms with E-state index in [1.165, 1.54) is 11.6 Å². The molecule has 0 unspecified atom stereocenters. The van der Waals surface area contributed by atoms with E-state index in [1.807, 2.05) is 37.3 Å². The molecule has 0 saturated heterocycles. The van der Waals surface area contributed by atoms with E-state index in [2.05, 4.69) is 17.4 Å². The van der Waals surface area contributed by atoms with E-state index in [9.17, 15) is 4.79 Å². The van der Waals surface area contributed by atoms with Crippen molar-refractivity contribution < 1.29 is 9.53 Å². The zero-order valence-corrected chi connectivity index (χ0v) is 13.3. The van der Waals surface area contributed by atoms with Crippen molar-refractivity contribution in [1.82, 2.24) is 5.32 Å². The van der Waals surface area contributed by atoms with Crippen molar-refractivity contribution in [2.75, 3.05) is 18.9 Å². The molecule has 0 saturated carbocycles. The monoisotopic (exact) mass is 310 g/mol. The van der Waals surface area contributed by atoms with Crippen molar-refractivity contribution >= 4 is 17.7 Å². The molecule has 120 valence electrons. The Balaban J connectivity index is 1.90. The molecule has 0 fully saturated rings. The Labute approximate surface area is 137 Å². The summed E-state index contributed by atoms with van der Waals surface area (Å²) in [4.78, 5) is 11.4. The van der Waals surface area contributed by atoms with Crippen LogP contribution in [0.2, 0.25) is 0 Å². The number of nitrogens with two attached hydrogens (primary N) is 1. The topological polar surface area (TPSA) is 64.3 Å². The van der Waals surface area contributed by atoms with Crippen molar-refractivity contribution in [3.05, 3.63) is 65.7 Å². The van der Waals surface area contributed by atoms with Crippen molar-refractivity contribution in [3.8, 4) is 5.75 Å². The lowest BCUT2D eigenvalue weighted by Crippen LogP contribution is -2.19. The van der Waals surface area contributed by atoms with Crippen LogP contribution in [0.25, 0.3) is 6.08 Å². The van der Waals surface area contributed by atoms with Gasteiger partial charge in [-0.15, -0.1) is 0 Å². The Bertz CT molecular complexity index is 666. The number of anilines is 1. The van der Waals surface area contributed by atoms with Crippen molar-refractivity contribution in [3.63, 3.8) is 0 Å². The minimum atomic E-state index is -0.116. The van der Waals surface area contributed by atoms with Crippen LogP contribution in [-0.2, 0) is 11.2 Å². The highest BCUT2D eigenvalue weighted by Crippen LogP contribution is 2.23. The van der Waals surface area contributed by atoms with Gasteiger partial charge in [-0.05, 0) is 36.3 Å². The summed E-state index contributed by atoms with van der Waals surface area (Å²) in [5.74, 6) is 0.547. The second-order valence-corrected chi connectivity index (χ2v) is 5.11. The fourth-order valence-corrected chi connectivity index (χ4v) is 2.13. The molecule has 2 rings (SSSR count). The van der Waals surface area contributed by atoms with E-state index in [0.717, 1.165) is 12.0 Å². The summed E-state index contributed by atoms with van der Waals surface area (Å²) in [6.45, 7) is 3.06. The van der Waals surface area contributed by atoms with Gasteiger partial charge in [0.2, 0.25) is 5.91 Å². The minimum Gasteiger partial charge on any atom is -0.491 e. The maximum Gasteiger partial charge on any atom is 0.243 e. The van der Waals surface area contributed by atoms with E-state index in [1.54, 1.807) is 12.1 Å². The van der Waals surface area contributed by atoms with Crippen LogP contribution in [0.1, 0.15) is 18.1 Å². The molecule has 0 radical (unpaired) electrons. The van der Waals surface area contributed by atoms with E-state index < -0.39 is 0 Å². The van der Waals surface area contributed by atoms with Crippen LogP contribution >= 0.6 is 0 Å². The Hall–Kier alpha value is -2.75. The maximum absolute atomic E-state index is 11.4. The van der Waals surface area contributed by atoms with Gasteiger partial charge in [0.25, 0.3) is 0 Å². The molecule has 0 atom stereocenters. The first kappa shape index (κ1) is 16.6. The van der Waals surface area contributed by atoms with Gasteiger partial charge in [0.1, 0.15) is 5.75 Å². The number of nitrogen functional groups attached to an aromatic ring is 1. The SMILES string of the molecule is CCNC(=O)/C=C\c1ccc(OCCc2ccccc2)c(N)c1. The maximum atomic E-state index is 11.4. The highest BCUT2D eigenvalue weighted by molar-refractivity contribution is 5.91. The predicted octanol–water partition coefficient (Wildman–Crippen LogP) is 3.04. The van der Waals surface area contributed by atoms with E-state index in [0.29, 0.717) is 24.6 Å². The second-order valence-electron chi connectivity index (χ2n) is 5.11. The van der Waals surface area contributed by atoms with Gasteiger partial charge >= 0.3 is 0 Å². The molecule has 0 heterocycles. The van der Waals surface area contributed by atoms with Crippen molar-refractivity contribution in [1.29, 1.82) is 0 Å². The average molecular weight is 310 g/mol. The first-order valence-electron chi connectivity index (χ1n) is 7.71. The number of ether oxygens (including phenoxy) is 1. The van der Waals surface area contributed by atoms with Crippen LogP contribution in [0.15, 0.2) is 54.6 Å². The minimum absolute atomic E-state index is 0.116. The molecular weight excluding hydrogens is 288 g/mol. The van der Waals surface area contributed by atoms with Gasteiger partial charge in [0.15, 0.2) is 0 Å². The number of rotatable bonds is 7. The molecule has 1 amide bonds. The number of likely N-dealkylation sites (N-methyl/N-ethyl adjacent to an activating group) is 1. The lowest BCUT2D eigenvalue weighted by molar-refractivity contribution is -0.116.